The van der Waals surface area contributed by atoms with Gasteiger partial charge in [0.2, 0.25) is 9.84 Å². The van der Waals surface area contributed by atoms with Gasteiger partial charge in [0.15, 0.2) is 11.7 Å². The number of aromatic nitrogens is 2. The molecular weight excluding hydrogens is 520 g/mol. The first-order valence-corrected chi connectivity index (χ1v) is 13.2. The van der Waals surface area contributed by atoms with E-state index in [0.29, 0.717) is 39.8 Å². The summed E-state index contributed by atoms with van der Waals surface area (Å²) in [6.07, 6.45) is 1.69. The molecule has 0 atom stereocenters. The number of sulfone groups is 1. The molecule has 2 heterocycles. The third-order valence-electron chi connectivity index (χ3n) is 5.46. The minimum absolute atomic E-state index is 0.0136. The highest BCUT2D eigenvalue weighted by atomic mass is 32.2. The second kappa shape index (κ2) is 10.4. The van der Waals surface area contributed by atoms with Gasteiger partial charge in [0.25, 0.3) is 11.6 Å². The van der Waals surface area contributed by atoms with Crippen LogP contribution in [0.25, 0.3) is 10.9 Å². The quantitative estimate of drug-likeness (QED) is 0.197. The first-order chi connectivity index (χ1) is 17.6. The number of hydrogen-bond donors (Lipinski definition) is 1. The van der Waals surface area contributed by atoms with E-state index in [1.165, 1.54) is 0 Å². The van der Waals surface area contributed by atoms with Crippen molar-refractivity contribution in [1.29, 1.82) is 0 Å². The molecule has 0 aliphatic heterocycles. The Kier molecular flexibility index (Phi) is 7.27. The summed E-state index contributed by atoms with van der Waals surface area (Å²) in [6.45, 7) is 3.09. The molecule has 0 saturated carbocycles. The molecule has 37 heavy (non-hydrogen) atoms. The summed E-state index contributed by atoms with van der Waals surface area (Å²) in [4.78, 5) is 43.8. The smallest absolute Gasteiger partial charge is 0.339 e. The van der Waals surface area contributed by atoms with Crippen molar-refractivity contribution in [2.75, 3.05) is 11.9 Å². The third-order valence-corrected chi connectivity index (χ3v) is 8.61. The Labute approximate surface area is 215 Å². The van der Waals surface area contributed by atoms with E-state index < -0.39 is 33.2 Å². The van der Waals surface area contributed by atoms with Crippen LogP contribution in [0.3, 0.4) is 0 Å². The first-order valence-electron chi connectivity index (χ1n) is 10.9. The lowest BCUT2D eigenvalue weighted by Gasteiger charge is -2.13. The van der Waals surface area contributed by atoms with E-state index in [1.54, 1.807) is 25.1 Å². The lowest BCUT2D eigenvalue weighted by Crippen LogP contribution is -2.21. The minimum Gasteiger partial charge on any atom is -0.452 e. The summed E-state index contributed by atoms with van der Waals surface area (Å²) in [7, 11) is -4.00. The van der Waals surface area contributed by atoms with Gasteiger partial charge in [0.05, 0.1) is 27.1 Å². The maximum absolute atomic E-state index is 12.9. The van der Waals surface area contributed by atoms with Crippen LogP contribution in [0.4, 0.5) is 10.8 Å². The molecule has 1 amide bonds. The van der Waals surface area contributed by atoms with E-state index in [4.69, 9.17) is 4.74 Å². The molecule has 0 bridgehead atoms. The van der Waals surface area contributed by atoms with Gasteiger partial charge in [-0.05, 0) is 37.1 Å². The number of thiazole rings is 1. The number of esters is 1. The predicted octanol–water partition coefficient (Wildman–Crippen LogP) is 4.10. The van der Waals surface area contributed by atoms with E-state index in [0.717, 1.165) is 36.2 Å². The van der Waals surface area contributed by atoms with Crippen molar-refractivity contribution >= 4 is 54.8 Å². The lowest BCUT2D eigenvalue weighted by atomic mass is 10.0. The van der Waals surface area contributed by atoms with Crippen LogP contribution in [0.5, 0.6) is 0 Å². The normalized spacial score (nSPS) is 11.3. The van der Waals surface area contributed by atoms with E-state index in [1.807, 2.05) is 13.0 Å². The Balaban J connectivity index is 1.45. The number of nitro benzene ring substituents is 1. The Morgan fingerprint density at radius 2 is 1.84 bits per heavy atom. The Bertz CT molecular complexity index is 1630. The van der Waals surface area contributed by atoms with E-state index in [-0.39, 0.29) is 19.9 Å². The van der Waals surface area contributed by atoms with Crippen LogP contribution in [0.2, 0.25) is 0 Å². The fourth-order valence-electron chi connectivity index (χ4n) is 3.63. The molecule has 0 aliphatic rings. The second-order valence-corrected chi connectivity index (χ2v) is 11.0. The first kappa shape index (κ1) is 25.9. The zero-order valence-electron chi connectivity index (χ0n) is 19.6. The third kappa shape index (κ3) is 5.32. The van der Waals surface area contributed by atoms with E-state index in [2.05, 4.69) is 15.3 Å². The topological polar surface area (TPSA) is 158 Å². The van der Waals surface area contributed by atoms with Crippen molar-refractivity contribution in [1.82, 2.24) is 9.97 Å². The number of nitrogens with zero attached hydrogens (tertiary/aromatic N) is 3. The molecule has 190 valence electrons. The molecule has 2 aromatic carbocycles. The number of fused-ring (bicyclic) bond motifs is 1. The summed E-state index contributed by atoms with van der Waals surface area (Å²) >= 11 is 0.700. The van der Waals surface area contributed by atoms with Gasteiger partial charge in [-0.25, -0.2) is 18.2 Å². The molecule has 0 fully saturated rings. The predicted molar refractivity (Wildman–Crippen MR) is 135 cm³/mol. The monoisotopic (exact) mass is 540 g/mol. The molecular formula is C24H20N4O7S2. The molecule has 0 radical (unpaired) electrons. The number of para-hydroxylation sites is 1. The van der Waals surface area contributed by atoms with Crippen LogP contribution in [0, 0.1) is 17.0 Å². The molecule has 4 aromatic rings. The molecule has 4 rings (SSSR count). The fourth-order valence-corrected chi connectivity index (χ4v) is 6.08. The van der Waals surface area contributed by atoms with Gasteiger partial charge in [-0.15, -0.1) is 0 Å². The largest absolute Gasteiger partial charge is 0.452 e. The number of pyridine rings is 1. The van der Waals surface area contributed by atoms with Gasteiger partial charge in [0, 0.05) is 23.2 Å². The van der Waals surface area contributed by atoms with Crippen LogP contribution in [0.1, 0.15) is 28.5 Å². The fraction of sp³-hybridized carbons (Fsp3) is 0.167. The van der Waals surface area contributed by atoms with Crippen LogP contribution in [0.15, 0.2) is 63.8 Å². The van der Waals surface area contributed by atoms with Gasteiger partial charge < -0.3 is 4.74 Å². The standard InChI is InChI=1S/C24H20N4O7S2/c1-3-18-14(2)22(17-6-4-5-7-19(17)26-18)23(30)35-13-20(29)27-24-25-12-21(36-24)37(33,34)16-10-8-15(9-11-16)28(31)32/h4-12H,3,13H2,1-2H3,(H,25,27,29). The van der Waals surface area contributed by atoms with Gasteiger partial charge in [0.1, 0.15) is 4.21 Å². The number of carbonyl (C=O) groups excluding carboxylic acids is 2. The number of hydrogen-bond acceptors (Lipinski definition) is 10. The molecule has 0 unspecified atom stereocenters. The zero-order chi connectivity index (χ0) is 26.7. The van der Waals surface area contributed by atoms with Crippen molar-refractivity contribution in [3.05, 3.63) is 81.7 Å². The number of anilines is 1. The average molecular weight is 541 g/mol. The van der Waals surface area contributed by atoms with Crippen LogP contribution in [-0.2, 0) is 25.8 Å². The number of aryl methyl sites for hydroxylation is 1. The zero-order valence-corrected chi connectivity index (χ0v) is 21.3. The van der Waals surface area contributed by atoms with Crippen LogP contribution >= 0.6 is 11.3 Å². The van der Waals surface area contributed by atoms with Crippen LogP contribution in [-0.4, -0.2) is 41.8 Å². The maximum atomic E-state index is 12.9. The molecule has 0 saturated heterocycles. The number of rotatable bonds is 8. The molecule has 0 aliphatic carbocycles. The average Bonchev–Trinajstić information content (AvgIpc) is 3.36. The summed E-state index contributed by atoms with van der Waals surface area (Å²) in [5.41, 5.74) is 2.16. The molecule has 2 aromatic heterocycles. The molecule has 11 nitrogen and oxygen atoms in total. The van der Waals surface area contributed by atoms with Gasteiger partial charge in [-0.1, -0.05) is 36.5 Å². The van der Waals surface area contributed by atoms with E-state index >= 15 is 0 Å². The van der Waals surface area contributed by atoms with Crippen LogP contribution < -0.4 is 5.32 Å². The minimum atomic E-state index is -4.00. The highest BCUT2D eigenvalue weighted by molar-refractivity contribution is 7.93. The summed E-state index contributed by atoms with van der Waals surface area (Å²) in [5, 5.41) is 13.8. The molecule has 0 spiro atoms. The van der Waals surface area contributed by atoms with Crippen molar-refractivity contribution < 1.29 is 27.7 Å². The SMILES string of the molecule is CCc1nc2ccccc2c(C(=O)OCC(=O)Nc2ncc(S(=O)(=O)c3ccc([N+](=O)[O-])cc3)s2)c1C. The number of carbonyl (C=O) groups is 2. The number of nitrogens with one attached hydrogen (secondary N) is 1. The van der Waals surface area contributed by atoms with Gasteiger partial charge in [-0.3, -0.25) is 25.2 Å². The van der Waals surface area contributed by atoms with Crippen molar-refractivity contribution in [3.63, 3.8) is 0 Å². The molecule has 13 heteroatoms. The van der Waals surface area contributed by atoms with Crippen molar-refractivity contribution in [2.45, 2.75) is 29.4 Å². The highest BCUT2D eigenvalue weighted by Gasteiger charge is 2.23. The van der Waals surface area contributed by atoms with E-state index in [9.17, 15) is 28.1 Å². The number of ether oxygens (including phenoxy) is 1. The molecule has 1 N–H and O–H groups in total. The number of nitro groups is 1. The lowest BCUT2D eigenvalue weighted by molar-refractivity contribution is -0.384. The van der Waals surface area contributed by atoms with Crippen molar-refractivity contribution in [3.8, 4) is 0 Å². The van der Waals surface area contributed by atoms with Gasteiger partial charge in [-0.2, -0.15) is 0 Å². The number of non-ortho nitro benzene ring substituents is 1. The Morgan fingerprint density at radius 3 is 2.51 bits per heavy atom. The van der Waals surface area contributed by atoms with Crippen molar-refractivity contribution in [2.24, 2.45) is 0 Å². The Morgan fingerprint density at radius 1 is 1.14 bits per heavy atom. The second-order valence-electron chi connectivity index (χ2n) is 7.79. The number of amides is 1. The summed E-state index contributed by atoms with van der Waals surface area (Å²) in [5.74, 6) is -1.38. The maximum Gasteiger partial charge on any atom is 0.339 e. The highest BCUT2D eigenvalue weighted by Crippen LogP contribution is 2.29. The number of benzene rings is 2. The summed E-state index contributed by atoms with van der Waals surface area (Å²) in [6, 6.07) is 11.6. The Hall–Kier alpha value is -4.23. The summed E-state index contributed by atoms with van der Waals surface area (Å²) < 4.78 is 30.7. The van der Waals surface area contributed by atoms with Gasteiger partial charge >= 0.3 is 5.97 Å².